The lowest BCUT2D eigenvalue weighted by molar-refractivity contribution is 0.0586. The fourth-order valence-electron chi connectivity index (χ4n) is 1.36. The Morgan fingerprint density at radius 2 is 1.42 bits per heavy atom. The SMILES string of the molecule is COC(=O)c1nc(Br)cnc1N.COC(=O)c1nc(C)cnc1N. The van der Waals surface area contributed by atoms with E-state index >= 15 is 0 Å². The number of anilines is 2. The molecule has 0 aromatic carbocycles. The predicted octanol–water partition coefficient (Wildman–Crippen LogP) is 0.762. The minimum absolute atomic E-state index is 0.0203. The van der Waals surface area contributed by atoms with Crippen molar-refractivity contribution in [2.24, 2.45) is 0 Å². The van der Waals surface area contributed by atoms with Crippen molar-refractivity contribution in [3.63, 3.8) is 0 Å². The summed E-state index contributed by atoms with van der Waals surface area (Å²) in [6.07, 6.45) is 2.89. The summed E-state index contributed by atoms with van der Waals surface area (Å²) in [5, 5.41) is 0. The molecule has 0 aliphatic rings. The van der Waals surface area contributed by atoms with E-state index in [0.717, 1.165) is 0 Å². The van der Waals surface area contributed by atoms with Gasteiger partial charge in [0, 0.05) is 0 Å². The molecule has 0 saturated carbocycles. The molecular weight excluding hydrogens is 384 g/mol. The number of nitrogens with zero attached hydrogens (tertiary/aromatic N) is 4. The lowest BCUT2D eigenvalue weighted by atomic mass is 10.4. The predicted molar refractivity (Wildman–Crippen MR) is 88.0 cm³/mol. The Hall–Kier alpha value is -2.82. The zero-order chi connectivity index (χ0) is 18.3. The Bertz CT molecular complexity index is 692. The minimum Gasteiger partial charge on any atom is -0.464 e. The number of ether oxygens (including phenoxy) is 2. The summed E-state index contributed by atoms with van der Waals surface area (Å²) < 4.78 is 9.32. The minimum atomic E-state index is -0.596. The average Bonchev–Trinajstić information content (AvgIpc) is 2.58. The highest BCUT2D eigenvalue weighted by molar-refractivity contribution is 9.10. The molecule has 0 unspecified atom stereocenters. The molecule has 2 rings (SSSR count). The van der Waals surface area contributed by atoms with Crippen LogP contribution in [0.5, 0.6) is 0 Å². The van der Waals surface area contributed by atoms with Gasteiger partial charge in [-0.15, -0.1) is 0 Å². The molecule has 0 aliphatic heterocycles. The number of hydrogen-bond donors (Lipinski definition) is 2. The van der Waals surface area contributed by atoms with Crippen LogP contribution < -0.4 is 11.5 Å². The van der Waals surface area contributed by atoms with Gasteiger partial charge in [-0.3, -0.25) is 0 Å². The molecule has 0 radical (unpaired) electrons. The van der Waals surface area contributed by atoms with Crippen LogP contribution in [0.3, 0.4) is 0 Å². The van der Waals surface area contributed by atoms with E-state index in [4.69, 9.17) is 11.5 Å². The van der Waals surface area contributed by atoms with Gasteiger partial charge in [-0.1, -0.05) is 0 Å². The molecule has 24 heavy (non-hydrogen) atoms. The van der Waals surface area contributed by atoms with Crippen molar-refractivity contribution >= 4 is 39.5 Å². The Kier molecular flexibility index (Phi) is 6.98. The first-order chi connectivity index (χ1) is 11.3. The van der Waals surface area contributed by atoms with E-state index in [2.05, 4.69) is 45.3 Å². The summed E-state index contributed by atoms with van der Waals surface area (Å²) in [5.74, 6) is -1.01. The van der Waals surface area contributed by atoms with Gasteiger partial charge in [-0.2, -0.15) is 0 Å². The molecule has 0 amide bonds. The Labute approximate surface area is 145 Å². The lowest BCUT2D eigenvalue weighted by Crippen LogP contribution is -2.10. The van der Waals surface area contributed by atoms with E-state index in [1.807, 2.05) is 0 Å². The Balaban J connectivity index is 0.000000240. The maximum Gasteiger partial charge on any atom is 0.360 e. The highest BCUT2D eigenvalue weighted by Crippen LogP contribution is 2.11. The zero-order valence-corrected chi connectivity index (χ0v) is 14.7. The molecular formula is C13H15BrN6O4. The van der Waals surface area contributed by atoms with Crippen molar-refractivity contribution in [2.45, 2.75) is 6.92 Å². The number of halogens is 1. The Morgan fingerprint density at radius 1 is 0.958 bits per heavy atom. The molecule has 0 saturated heterocycles. The van der Waals surface area contributed by atoms with Gasteiger partial charge in [0.25, 0.3) is 0 Å². The van der Waals surface area contributed by atoms with Gasteiger partial charge in [0.2, 0.25) is 0 Å². The summed E-state index contributed by atoms with van der Waals surface area (Å²) in [7, 11) is 2.52. The standard InChI is InChI=1S/C7H9N3O2.C6H6BrN3O2/c1-4-3-9-6(8)5(10-4)7(11)12-2;1-12-6(11)4-5(8)9-2-3(7)10-4/h3H,1-2H3,(H2,8,9);2H,1H3,(H2,8,9). The summed E-state index contributed by atoms with van der Waals surface area (Å²) >= 11 is 3.06. The number of methoxy groups -OCH3 is 2. The van der Waals surface area contributed by atoms with E-state index in [0.29, 0.717) is 10.3 Å². The largest absolute Gasteiger partial charge is 0.464 e. The van der Waals surface area contributed by atoms with Gasteiger partial charge in [-0.05, 0) is 22.9 Å². The highest BCUT2D eigenvalue weighted by atomic mass is 79.9. The normalized spacial score (nSPS) is 9.50. The van der Waals surface area contributed by atoms with Gasteiger partial charge in [0.05, 0.1) is 32.3 Å². The van der Waals surface area contributed by atoms with Gasteiger partial charge in [0.1, 0.15) is 4.60 Å². The maximum absolute atomic E-state index is 11.0. The van der Waals surface area contributed by atoms with Crippen LogP contribution in [-0.2, 0) is 9.47 Å². The van der Waals surface area contributed by atoms with Gasteiger partial charge < -0.3 is 20.9 Å². The number of nitrogens with two attached hydrogens (primary N) is 2. The van der Waals surface area contributed by atoms with Crippen molar-refractivity contribution in [3.05, 3.63) is 34.1 Å². The monoisotopic (exact) mass is 398 g/mol. The number of rotatable bonds is 2. The number of hydrogen-bond acceptors (Lipinski definition) is 10. The lowest BCUT2D eigenvalue weighted by Gasteiger charge is -2.01. The second kappa shape index (κ2) is 8.72. The first kappa shape index (κ1) is 19.2. The maximum atomic E-state index is 11.0. The number of esters is 2. The van der Waals surface area contributed by atoms with Crippen LogP contribution in [0.25, 0.3) is 0 Å². The van der Waals surface area contributed by atoms with E-state index < -0.39 is 11.9 Å². The molecule has 128 valence electrons. The van der Waals surface area contributed by atoms with Crippen molar-refractivity contribution in [1.82, 2.24) is 19.9 Å². The molecule has 4 N–H and O–H groups in total. The summed E-state index contributed by atoms with van der Waals surface area (Å²) in [4.78, 5) is 37.1. The summed E-state index contributed by atoms with van der Waals surface area (Å²) in [5.41, 5.74) is 11.5. The Morgan fingerprint density at radius 3 is 1.92 bits per heavy atom. The molecule has 0 fully saturated rings. The molecule has 2 heterocycles. The van der Waals surface area contributed by atoms with E-state index in [-0.39, 0.29) is 23.0 Å². The third-order valence-corrected chi connectivity index (χ3v) is 2.83. The second-order valence-electron chi connectivity index (χ2n) is 4.15. The molecule has 0 spiro atoms. The quantitative estimate of drug-likeness (QED) is 0.691. The van der Waals surface area contributed by atoms with Crippen LogP contribution in [0.15, 0.2) is 17.0 Å². The van der Waals surface area contributed by atoms with Crippen LogP contribution in [0.2, 0.25) is 0 Å². The van der Waals surface area contributed by atoms with Gasteiger partial charge in [-0.25, -0.2) is 29.5 Å². The molecule has 10 nitrogen and oxygen atoms in total. The number of carbonyl (C=O) groups is 2. The first-order valence-corrected chi connectivity index (χ1v) is 7.13. The fraction of sp³-hybridized carbons (Fsp3) is 0.231. The van der Waals surface area contributed by atoms with Gasteiger partial charge >= 0.3 is 11.9 Å². The average molecular weight is 399 g/mol. The van der Waals surface area contributed by atoms with E-state index in [1.54, 1.807) is 6.92 Å². The number of aromatic nitrogens is 4. The summed E-state index contributed by atoms with van der Waals surface area (Å²) in [6.45, 7) is 1.72. The highest BCUT2D eigenvalue weighted by Gasteiger charge is 2.13. The molecule has 2 aromatic heterocycles. The smallest absolute Gasteiger partial charge is 0.360 e. The van der Waals surface area contributed by atoms with Crippen LogP contribution >= 0.6 is 15.9 Å². The van der Waals surface area contributed by atoms with Crippen LogP contribution in [0.1, 0.15) is 26.7 Å². The molecule has 0 atom stereocenters. The fourth-order valence-corrected chi connectivity index (χ4v) is 1.64. The summed E-state index contributed by atoms with van der Waals surface area (Å²) in [6, 6.07) is 0. The molecule has 2 aromatic rings. The number of carbonyl (C=O) groups excluding carboxylic acids is 2. The van der Waals surface area contributed by atoms with Crippen molar-refractivity contribution in [2.75, 3.05) is 25.7 Å². The van der Waals surface area contributed by atoms with Crippen molar-refractivity contribution in [1.29, 1.82) is 0 Å². The van der Waals surface area contributed by atoms with E-state index in [1.165, 1.54) is 26.6 Å². The first-order valence-electron chi connectivity index (χ1n) is 6.33. The topological polar surface area (TPSA) is 156 Å². The van der Waals surface area contributed by atoms with E-state index in [9.17, 15) is 9.59 Å². The third-order valence-electron chi connectivity index (χ3n) is 2.45. The number of aryl methyl sites for hydroxylation is 1. The molecule has 11 heteroatoms. The molecule has 0 aliphatic carbocycles. The molecule has 0 bridgehead atoms. The van der Waals surface area contributed by atoms with Crippen LogP contribution in [-0.4, -0.2) is 46.1 Å². The van der Waals surface area contributed by atoms with Crippen LogP contribution in [0, 0.1) is 6.92 Å². The van der Waals surface area contributed by atoms with Gasteiger partial charge in [0.15, 0.2) is 23.0 Å². The third kappa shape index (κ3) is 5.12. The van der Waals surface area contributed by atoms with Crippen molar-refractivity contribution in [3.8, 4) is 0 Å². The van der Waals surface area contributed by atoms with Crippen molar-refractivity contribution < 1.29 is 19.1 Å². The number of nitrogen functional groups attached to an aromatic ring is 2. The van der Waals surface area contributed by atoms with Crippen LogP contribution in [0.4, 0.5) is 11.6 Å². The zero-order valence-electron chi connectivity index (χ0n) is 13.1. The second-order valence-corrected chi connectivity index (χ2v) is 4.97.